The quantitative estimate of drug-likeness (QED) is 0.176. The molecule has 1 atom stereocenters. The highest BCUT2D eigenvalue weighted by Crippen LogP contribution is 2.23. The first-order valence-electron chi connectivity index (χ1n) is 14.2. The highest BCUT2D eigenvalue weighted by molar-refractivity contribution is 5.98. The predicted octanol–water partition coefficient (Wildman–Crippen LogP) is 5.88. The van der Waals surface area contributed by atoms with E-state index in [0.29, 0.717) is 5.69 Å². The number of aryl methyl sites for hydroxylation is 1. The Kier molecular flexibility index (Phi) is 9.83. The maximum Gasteiger partial charge on any atom is 0.408 e. The number of aromatic nitrogens is 2. The number of carbonyl (C=O) groups is 3. The second-order valence-corrected chi connectivity index (χ2v) is 10.2. The third-order valence-corrected chi connectivity index (χ3v) is 6.82. The molecule has 0 saturated heterocycles. The van der Waals surface area contributed by atoms with Crippen LogP contribution >= 0.6 is 0 Å². The average Bonchev–Trinajstić information content (AvgIpc) is 3.47. The molecular formula is C34H33N5O5. The number of hydrogen-bond acceptors (Lipinski definition) is 6. The lowest BCUT2D eigenvalue weighted by atomic mass is 10.1. The van der Waals surface area contributed by atoms with Gasteiger partial charge in [0.2, 0.25) is 5.91 Å². The maximum atomic E-state index is 13.4. The summed E-state index contributed by atoms with van der Waals surface area (Å²) in [4.78, 5) is 38.4. The van der Waals surface area contributed by atoms with Crippen LogP contribution in [-0.4, -0.2) is 40.5 Å². The molecule has 10 nitrogen and oxygen atoms in total. The number of carbonyl (C=O) groups excluding carboxylic acids is 3. The molecule has 10 heteroatoms. The molecule has 3 N–H and O–H groups in total. The molecule has 0 spiro atoms. The van der Waals surface area contributed by atoms with E-state index in [4.69, 9.17) is 9.47 Å². The first-order valence-corrected chi connectivity index (χ1v) is 14.2. The van der Waals surface area contributed by atoms with Crippen LogP contribution in [0.4, 0.5) is 15.3 Å². The summed E-state index contributed by atoms with van der Waals surface area (Å²) < 4.78 is 12.4. The zero-order valence-electron chi connectivity index (χ0n) is 24.2. The highest BCUT2D eigenvalue weighted by atomic mass is 16.6. The molecule has 0 saturated carbocycles. The fourth-order valence-electron chi connectivity index (χ4n) is 4.56. The van der Waals surface area contributed by atoms with Gasteiger partial charge < -0.3 is 25.4 Å². The number of hydrogen-bond donors (Lipinski definition) is 3. The Morgan fingerprint density at radius 3 is 2.16 bits per heavy atom. The van der Waals surface area contributed by atoms with Gasteiger partial charge in [-0.15, -0.1) is 0 Å². The van der Waals surface area contributed by atoms with Gasteiger partial charge >= 0.3 is 12.2 Å². The molecule has 1 aromatic heterocycles. The molecule has 4 aromatic carbocycles. The van der Waals surface area contributed by atoms with Crippen LogP contribution in [0, 0.1) is 6.92 Å². The number of alkyl carbamates (subject to hydrolysis) is 2. The molecule has 0 aliphatic heterocycles. The standard InChI is InChI=1S/C34H33N5O5/c1-24-9-8-14-29(19-24)39-31-20-28(16-15-27(31)21-36-39)37-32(40)30(38-34(42)44-23-26-12-6-3-7-13-26)17-18-35-33(41)43-22-25-10-4-2-5-11-25/h2-16,19-21,30H,17-18,22-23H2,1H3,(H,35,41)(H,37,40)(H,38,42). The minimum absolute atomic E-state index is 0.0463. The molecule has 3 amide bonds. The summed E-state index contributed by atoms with van der Waals surface area (Å²) in [5, 5.41) is 13.6. The van der Waals surface area contributed by atoms with Crippen LogP contribution in [0.15, 0.2) is 109 Å². The van der Waals surface area contributed by atoms with E-state index < -0.39 is 24.1 Å². The van der Waals surface area contributed by atoms with Crippen LogP contribution in [0.3, 0.4) is 0 Å². The summed E-state index contributed by atoms with van der Waals surface area (Å²) in [6.45, 7) is 2.24. The van der Waals surface area contributed by atoms with E-state index in [2.05, 4.69) is 21.0 Å². The number of fused-ring (bicyclic) bond motifs is 1. The maximum absolute atomic E-state index is 13.4. The Morgan fingerprint density at radius 1 is 0.795 bits per heavy atom. The topological polar surface area (TPSA) is 124 Å². The first kappa shape index (κ1) is 29.8. The largest absolute Gasteiger partial charge is 0.445 e. The monoisotopic (exact) mass is 591 g/mol. The van der Waals surface area contributed by atoms with Crippen molar-refractivity contribution in [1.29, 1.82) is 0 Å². The normalized spacial score (nSPS) is 11.4. The Balaban J connectivity index is 1.24. The molecular weight excluding hydrogens is 558 g/mol. The molecule has 0 aliphatic rings. The van der Waals surface area contributed by atoms with Gasteiger partial charge in [-0.05, 0) is 60.4 Å². The molecule has 44 heavy (non-hydrogen) atoms. The van der Waals surface area contributed by atoms with E-state index in [-0.39, 0.29) is 26.2 Å². The first-order chi connectivity index (χ1) is 21.4. The SMILES string of the molecule is Cc1cccc(-n2ncc3ccc(NC(=O)C(CCNC(=O)OCc4ccccc4)NC(=O)OCc4ccccc4)cc32)c1. The van der Waals surface area contributed by atoms with Gasteiger partial charge in [-0.2, -0.15) is 5.10 Å². The van der Waals surface area contributed by atoms with Gasteiger partial charge in [0, 0.05) is 17.6 Å². The molecule has 224 valence electrons. The van der Waals surface area contributed by atoms with Crippen molar-refractivity contribution in [1.82, 2.24) is 20.4 Å². The smallest absolute Gasteiger partial charge is 0.408 e. The molecule has 5 rings (SSSR count). The number of amides is 3. The van der Waals surface area contributed by atoms with E-state index in [1.165, 1.54) is 0 Å². The summed E-state index contributed by atoms with van der Waals surface area (Å²) in [7, 11) is 0. The van der Waals surface area contributed by atoms with Crippen LogP contribution in [0.1, 0.15) is 23.1 Å². The lowest BCUT2D eigenvalue weighted by Gasteiger charge is -2.19. The number of anilines is 1. The van der Waals surface area contributed by atoms with Crippen LogP contribution in [-0.2, 0) is 27.5 Å². The van der Waals surface area contributed by atoms with Crippen molar-refractivity contribution in [2.24, 2.45) is 0 Å². The fourth-order valence-corrected chi connectivity index (χ4v) is 4.56. The lowest BCUT2D eigenvalue weighted by molar-refractivity contribution is -0.118. The highest BCUT2D eigenvalue weighted by Gasteiger charge is 2.22. The summed E-state index contributed by atoms with van der Waals surface area (Å²) >= 11 is 0. The lowest BCUT2D eigenvalue weighted by Crippen LogP contribution is -2.46. The summed E-state index contributed by atoms with van der Waals surface area (Å²) in [6.07, 6.45) is 0.470. The summed E-state index contributed by atoms with van der Waals surface area (Å²) in [6, 6.07) is 30.9. The second-order valence-electron chi connectivity index (χ2n) is 10.2. The second kappa shape index (κ2) is 14.5. The van der Waals surface area contributed by atoms with Gasteiger partial charge in [0.05, 0.1) is 17.4 Å². The number of rotatable bonds is 11. The third kappa shape index (κ3) is 8.22. The van der Waals surface area contributed by atoms with Crippen molar-refractivity contribution in [3.8, 4) is 5.69 Å². The van der Waals surface area contributed by atoms with Gasteiger partial charge in [0.25, 0.3) is 0 Å². The van der Waals surface area contributed by atoms with Crippen molar-refractivity contribution < 1.29 is 23.9 Å². The van der Waals surface area contributed by atoms with Crippen LogP contribution < -0.4 is 16.0 Å². The minimum atomic E-state index is -1.01. The van der Waals surface area contributed by atoms with Crippen LogP contribution in [0.2, 0.25) is 0 Å². The van der Waals surface area contributed by atoms with Crippen molar-refractivity contribution in [3.05, 3.63) is 126 Å². The van der Waals surface area contributed by atoms with Crippen LogP contribution in [0.25, 0.3) is 16.6 Å². The molecule has 0 fully saturated rings. The minimum Gasteiger partial charge on any atom is -0.445 e. The summed E-state index contributed by atoms with van der Waals surface area (Å²) in [5.41, 5.74) is 4.99. The van der Waals surface area contributed by atoms with Crippen molar-refractivity contribution in [3.63, 3.8) is 0 Å². The Morgan fingerprint density at radius 2 is 1.48 bits per heavy atom. The van der Waals surface area contributed by atoms with Crippen molar-refractivity contribution in [2.75, 3.05) is 11.9 Å². The van der Waals surface area contributed by atoms with E-state index in [9.17, 15) is 14.4 Å². The fraction of sp³-hybridized carbons (Fsp3) is 0.176. The van der Waals surface area contributed by atoms with Gasteiger partial charge in [0.1, 0.15) is 19.3 Å². The van der Waals surface area contributed by atoms with E-state index in [0.717, 1.165) is 33.3 Å². The molecule has 1 heterocycles. The molecule has 5 aromatic rings. The molecule has 0 bridgehead atoms. The summed E-state index contributed by atoms with van der Waals surface area (Å²) in [5.74, 6) is -0.470. The van der Waals surface area contributed by atoms with Gasteiger partial charge in [-0.1, -0.05) is 72.8 Å². The van der Waals surface area contributed by atoms with Gasteiger partial charge in [0.15, 0.2) is 0 Å². The van der Waals surface area contributed by atoms with E-state index >= 15 is 0 Å². The Labute approximate surface area is 255 Å². The van der Waals surface area contributed by atoms with Crippen LogP contribution in [0.5, 0.6) is 0 Å². The zero-order valence-corrected chi connectivity index (χ0v) is 24.2. The molecule has 0 radical (unpaired) electrons. The predicted molar refractivity (Wildman–Crippen MR) is 167 cm³/mol. The van der Waals surface area contributed by atoms with Gasteiger partial charge in [-0.3, -0.25) is 4.79 Å². The molecule has 0 aliphatic carbocycles. The average molecular weight is 592 g/mol. The zero-order chi connectivity index (χ0) is 30.7. The Bertz CT molecular complexity index is 1720. The van der Waals surface area contributed by atoms with Crippen molar-refractivity contribution in [2.45, 2.75) is 32.6 Å². The molecule has 1 unspecified atom stereocenters. The number of nitrogens with zero attached hydrogens (tertiary/aromatic N) is 2. The third-order valence-electron chi connectivity index (χ3n) is 6.82. The van der Waals surface area contributed by atoms with Crippen molar-refractivity contribution >= 4 is 34.7 Å². The number of benzene rings is 4. The number of ether oxygens (including phenoxy) is 2. The number of nitrogens with one attached hydrogen (secondary N) is 3. The Hall–Kier alpha value is -5.64. The van der Waals surface area contributed by atoms with E-state index in [1.807, 2.05) is 104 Å². The van der Waals surface area contributed by atoms with Gasteiger partial charge in [-0.25, -0.2) is 14.3 Å². The van der Waals surface area contributed by atoms with E-state index in [1.54, 1.807) is 16.9 Å².